The maximum atomic E-state index is 3.69. The lowest BCUT2D eigenvalue weighted by molar-refractivity contribution is 0.576. The zero-order valence-electron chi connectivity index (χ0n) is 13.8. The van der Waals surface area contributed by atoms with Crippen molar-refractivity contribution in [1.29, 1.82) is 0 Å². The Labute approximate surface area is 129 Å². The Kier molecular flexibility index (Phi) is 8.32. The quantitative estimate of drug-likeness (QED) is 0.656. The van der Waals surface area contributed by atoms with E-state index in [1.807, 2.05) is 0 Å². The molecule has 114 valence electrons. The lowest BCUT2D eigenvalue weighted by Gasteiger charge is -2.21. The molecule has 0 saturated heterocycles. The van der Waals surface area contributed by atoms with Gasteiger partial charge in [0.2, 0.25) is 0 Å². The molecule has 0 amide bonds. The fourth-order valence-corrected chi connectivity index (χ4v) is 3.15. The summed E-state index contributed by atoms with van der Waals surface area (Å²) in [6, 6.07) is 9.66. The number of rotatable bonds is 9. The largest absolute Gasteiger partial charge is 0.309 e. The third kappa shape index (κ3) is 5.88. The summed E-state index contributed by atoms with van der Waals surface area (Å²) in [5.74, 6) is 1.77. The van der Waals surface area contributed by atoms with Gasteiger partial charge in [-0.3, -0.25) is 0 Å². The Balaban J connectivity index is 2.70. The van der Waals surface area contributed by atoms with Gasteiger partial charge < -0.3 is 5.32 Å². The molecule has 0 aliphatic carbocycles. The Morgan fingerprint density at radius 3 is 2.10 bits per heavy atom. The van der Waals surface area contributed by atoms with Gasteiger partial charge in [-0.2, -0.15) is 11.8 Å². The standard InChI is InChI=1S/C18H31NS/c1-6-12-19-18(13-20-15(5)7-2)17-10-8-16(9-11-17)14(3)4/h8-11,14-15,18-19H,6-7,12-13H2,1-5H3. The van der Waals surface area contributed by atoms with Crippen LogP contribution in [0.5, 0.6) is 0 Å². The Hall–Kier alpha value is -0.470. The molecule has 0 aliphatic heterocycles. The van der Waals surface area contributed by atoms with E-state index < -0.39 is 0 Å². The molecule has 1 rings (SSSR count). The molecule has 1 aromatic rings. The second-order valence-electron chi connectivity index (χ2n) is 5.88. The molecule has 0 aromatic heterocycles. The van der Waals surface area contributed by atoms with E-state index in [2.05, 4.69) is 76.0 Å². The molecule has 2 unspecified atom stereocenters. The van der Waals surface area contributed by atoms with Crippen LogP contribution in [0.4, 0.5) is 0 Å². The van der Waals surface area contributed by atoms with Gasteiger partial charge in [-0.15, -0.1) is 0 Å². The van der Waals surface area contributed by atoms with Crippen LogP contribution in [0, 0.1) is 0 Å². The predicted octanol–water partition coefficient (Wildman–Crippen LogP) is 5.38. The van der Waals surface area contributed by atoms with Crippen LogP contribution in [-0.4, -0.2) is 17.5 Å². The van der Waals surface area contributed by atoms with Crippen LogP contribution in [0.15, 0.2) is 24.3 Å². The monoisotopic (exact) mass is 293 g/mol. The van der Waals surface area contributed by atoms with E-state index in [0.29, 0.717) is 12.0 Å². The lowest BCUT2D eigenvalue weighted by atomic mass is 9.99. The number of thioether (sulfide) groups is 1. The van der Waals surface area contributed by atoms with E-state index in [9.17, 15) is 0 Å². The van der Waals surface area contributed by atoms with Gasteiger partial charge in [-0.25, -0.2) is 0 Å². The molecule has 0 spiro atoms. The van der Waals surface area contributed by atoms with E-state index in [0.717, 1.165) is 17.5 Å². The van der Waals surface area contributed by atoms with Crippen LogP contribution in [0.1, 0.15) is 70.5 Å². The molecule has 0 heterocycles. The van der Waals surface area contributed by atoms with Crippen molar-refractivity contribution in [2.75, 3.05) is 12.3 Å². The molecule has 1 aromatic carbocycles. The fraction of sp³-hybridized carbons (Fsp3) is 0.667. The minimum atomic E-state index is 0.482. The first-order chi connectivity index (χ1) is 9.58. The SMILES string of the molecule is CCCNC(CSC(C)CC)c1ccc(C(C)C)cc1. The predicted molar refractivity (Wildman–Crippen MR) is 93.8 cm³/mol. The van der Waals surface area contributed by atoms with Crippen molar-refractivity contribution in [2.24, 2.45) is 0 Å². The summed E-state index contributed by atoms with van der Waals surface area (Å²) < 4.78 is 0. The van der Waals surface area contributed by atoms with Gasteiger partial charge in [0.25, 0.3) is 0 Å². The summed E-state index contributed by atoms with van der Waals surface area (Å²) >= 11 is 2.08. The zero-order valence-corrected chi connectivity index (χ0v) is 14.6. The second-order valence-corrected chi connectivity index (χ2v) is 7.35. The zero-order chi connectivity index (χ0) is 15.0. The fourth-order valence-electron chi connectivity index (χ4n) is 2.08. The first-order valence-corrected chi connectivity index (χ1v) is 9.08. The molecule has 20 heavy (non-hydrogen) atoms. The molecule has 2 atom stereocenters. The number of nitrogens with one attached hydrogen (secondary N) is 1. The molecule has 0 fully saturated rings. The van der Waals surface area contributed by atoms with Crippen molar-refractivity contribution in [1.82, 2.24) is 5.32 Å². The van der Waals surface area contributed by atoms with Crippen molar-refractivity contribution in [2.45, 2.75) is 64.7 Å². The Morgan fingerprint density at radius 1 is 1.00 bits per heavy atom. The highest BCUT2D eigenvalue weighted by Crippen LogP contribution is 2.24. The van der Waals surface area contributed by atoms with E-state index in [4.69, 9.17) is 0 Å². The van der Waals surface area contributed by atoms with Crippen molar-refractivity contribution in [3.63, 3.8) is 0 Å². The molecule has 0 radical (unpaired) electrons. The minimum Gasteiger partial charge on any atom is -0.309 e. The van der Waals surface area contributed by atoms with E-state index in [1.165, 1.54) is 24.0 Å². The average Bonchev–Trinajstić information content (AvgIpc) is 2.47. The first-order valence-electron chi connectivity index (χ1n) is 8.03. The van der Waals surface area contributed by atoms with Crippen LogP contribution in [0.2, 0.25) is 0 Å². The molecule has 1 N–H and O–H groups in total. The summed E-state index contributed by atoms with van der Waals surface area (Å²) in [4.78, 5) is 0. The molecular weight excluding hydrogens is 262 g/mol. The Morgan fingerprint density at radius 2 is 1.60 bits per heavy atom. The highest BCUT2D eigenvalue weighted by Gasteiger charge is 2.12. The van der Waals surface area contributed by atoms with Gasteiger partial charge in [0.15, 0.2) is 0 Å². The van der Waals surface area contributed by atoms with Gasteiger partial charge in [-0.05, 0) is 36.4 Å². The van der Waals surface area contributed by atoms with Gasteiger partial charge in [0.1, 0.15) is 0 Å². The summed E-state index contributed by atoms with van der Waals surface area (Å²) in [5.41, 5.74) is 2.86. The average molecular weight is 294 g/mol. The van der Waals surface area contributed by atoms with Crippen molar-refractivity contribution in [3.05, 3.63) is 35.4 Å². The van der Waals surface area contributed by atoms with Crippen LogP contribution in [0.25, 0.3) is 0 Å². The second kappa shape index (κ2) is 9.46. The number of benzene rings is 1. The van der Waals surface area contributed by atoms with Crippen LogP contribution >= 0.6 is 11.8 Å². The van der Waals surface area contributed by atoms with Crippen LogP contribution < -0.4 is 5.32 Å². The summed E-state index contributed by atoms with van der Waals surface area (Å²) in [5, 5.41) is 4.44. The molecule has 0 aliphatic rings. The summed E-state index contributed by atoms with van der Waals surface area (Å²) in [7, 11) is 0. The van der Waals surface area contributed by atoms with Gasteiger partial charge in [0.05, 0.1) is 0 Å². The molecule has 1 nitrogen and oxygen atoms in total. The highest BCUT2D eigenvalue weighted by molar-refractivity contribution is 7.99. The van der Waals surface area contributed by atoms with Crippen molar-refractivity contribution in [3.8, 4) is 0 Å². The van der Waals surface area contributed by atoms with E-state index in [1.54, 1.807) is 0 Å². The number of hydrogen-bond donors (Lipinski definition) is 1. The first kappa shape index (κ1) is 17.6. The van der Waals surface area contributed by atoms with Crippen LogP contribution in [0.3, 0.4) is 0 Å². The van der Waals surface area contributed by atoms with Crippen molar-refractivity contribution < 1.29 is 0 Å². The van der Waals surface area contributed by atoms with Crippen LogP contribution in [-0.2, 0) is 0 Å². The molecular formula is C18H31NS. The topological polar surface area (TPSA) is 12.0 Å². The maximum absolute atomic E-state index is 3.69. The summed E-state index contributed by atoms with van der Waals surface area (Å²) in [6.45, 7) is 12.4. The van der Waals surface area contributed by atoms with Gasteiger partial charge in [-0.1, -0.05) is 58.9 Å². The van der Waals surface area contributed by atoms with E-state index >= 15 is 0 Å². The third-order valence-electron chi connectivity index (χ3n) is 3.77. The smallest absolute Gasteiger partial charge is 0.0411 e. The number of hydrogen-bond acceptors (Lipinski definition) is 2. The van der Waals surface area contributed by atoms with E-state index in [-0.39, 0.29) is 0 Å². The lowest BCUT2D eigenvalue weighted by Crippen LogP contribution is -2.24. The third-order valence-corrected chi connectivity index (χ3v) is 5.20. The highest BCUT2D eigenvalue weighted by atomic mass is 32.2. The normalized spacial score (nSPS) is 14.5. The van der Waals surface area contributed by atoms with Gasteiger partial charge in [0, 0.05) is 17.0 Å². The molecule has 0 saturated carbocycles. The maximum Gasteiger partial charge on any atom is 0.0411 e. The molecule has 2 heteroatoms. The Bertz CT molecular complexity index is 358. The molecule has 0 bridgehead atoms. The van der Waals surface area contributed by atoms with Gasteiger partial charge >= 0.3 is 0 Å². The summed E-state index contributed by atoms with van der Waals surface area (Å²) in [6.07, 6.45) is 2.44. The minimum absolute atomic E-state index is 0.482. The van der Waals surface area contributed by atoms with Crippen molar-refractivity contribution >= 4 is 11.8 Å².